The predicted octanol–water partition coefficient (Wildman–Crippen LogP) is 5.85. The summed E-state index contributed by atoms with van der Waals surface area (Å²) in [6, 6.07) is 16.9. The summed E-state index contributed by atoms with van der Waals surface area (Å²) in [5, 5.41) is 2.78. The minimum absolute atomic E-state index is 0.0453. The average molecular weight is 655 g/mol. The number of rotatable bonds is 11. The number of carbonyl (C=O) groups excluding carboxylic acids is 2. The Balaban J connectivity index is 2.06. The Morgan fingerprint density at radius 2 is 1.59 bits per heavy atom. The lowest BCUT2D eigenvalue weighted by molar-refractivity contribution is -0.139. The third-order valence-corrected chi connectivity index (χ3v) is 8.45. The molecule has 0 heterocycles. The summed E-state index contributed by atoms with van der Waals surface area (Å²) in [4.78, 5) is 27.9. The molecule has 0 spiro atoms. The quantitative estimate of drug-likeness (QED) is 0.281. The zero-order valence-corrected chi connectivity index (χ0v) is 25.1. The largest absolute Gasteiger partial charge is 0.416 e. The molecule has 41 heavy (non-hydrogen) atoms. The number of halogens is 4. The summed E-state index contributed by atoms with van der Waals surface area (Å²) in [6.45, 7) is 4.82. The third kappa shape index (κ3) is 8.56. The van der Waals surface area contributed by atoms with Crippen molar-refractivity contribution in [2.24, 2.45) is 5.92 Å². The van der Waals surface area contributed by atoms with Crippen molar-refractivity contribution < 1.29 is 31.2 Å². The van der Waals surface area contributed by atoms with Crippen molar-refractivity contribution in [2.75, 3.05) is 17.4 Å². The molecule has 0 saturated heterocycles. The molecule has 12 heteroatoms. The Kier molecular flexibility index (Phi) is 10.6. The number of benzene rings is 3. The first kappa shape index (κ1) is 32.1. The second-order valence-electron chi connectivity index (χ2n) is 9.84. The van der Waals surface area contributed by atoms with E-state index in [1.54, 1.807) is 30.3 Å². The van der Waals surface area contributed by atoms with Crippen LogP contribution < -0.4 is 9.62 Å². The van der Waals surface area contributed by atoms with Crippen molar-refractivity contribution in [3.63, 3.8) is 0 Å². The van der Waals surface area contributed by atoms with E-state index in [0.717, 1.165) is 16.6 Å². The van der Waals surface area contributed by atoms with Crippen molar-refractivity contribution in [3.8, 4) is 0 Å². The number of sulfonamides is 1. The zero-order chi connectivity index (χ0) is 30.4. The van der Waals surface area contributed by atoms with Crippen LogP contribution in [0.25, 0.3) is 0 Å². The molecule has 0 aliphatic heterocycles. The topological polar surface area (TPSA) is 86.8 Å². The van der Waals surface area contributed by atoms with Gasteiger partial charge in [0, 0.05) is 17.6 Å². The highest BCUT2D eigenvalue weighted by Gasteiger charge is 2.35. The normalized spacial score (nSPS) is 12.6. The van der Waals surface area contributed by atoms with E-state index in [4.69, 9.17) is 0 Å². The number of alkyl halides is 3. The summed E-state index contributed by atoms with van der Waals surface area (Å²) in [5.74, 6) is -1.07. The zero-order valence-electron chi connectivity index (χ0n) is 22.7. The number of hydrogen-bond donors (Lipinski definition) is 1. The maximum atomic E-state index is 13.9. The summed E-state index contributed by atoms with van der Waals surface area (Å²) in [7, 11) is -4.48. The van der Waals surface area contributed by atoms with Gasteiger partial charge in [0.2, 0.25) is 11.8 Å². The summed E-state index contributed by atoms with van der Waals surface area (Å²) < 4.78 is 69.5. The van der Waals surface area contributed by atoms with E-state index in [2.05, 4.69) is 21.2 Å². The lowest BCUT2D eigenvalue weighted by Crippen LogP contribution is -2.51. The third-order valence-electron chi connectivity index (χ3n) is 6.17. The van der Waals surface area contributed by atoms with Crippen LogP contribution in [0.1, 0.15) is 31.9 Å². The number of carbonyl (C=O) groups is 2. The highest BCUT2D eigenvalue weighted by Crippen LogP contribution is 2.33. The predicted molar refractivity (Wildman–Crippen MR) is 154 cm³/mol. The smallest absolute Gasteiger partial charge is 0.354 e. The van der Waals surface area contributed by atoms with E-state index in [1.807, 2.05) is 13.8 Å². The summed E-state index contributed by atoms with van der Waals surface area (Å²) in [5.41, 5.74) is -0.743. The van der Waals surface area contributed by atoms with Gasteiger partial charge in [0.05, 0.1) is 16.1 Å². The molecule has 3 aromatic carbocycles. The van der Waals surface area contributed by atoms with E-state index in [-0.39, 0.29) is 23.0 Å². The van der Waals surface area contributed by atoms with Crippen molar-refractivity contribution in [1.82, 2.24) is 10.2 Å². The molecule has 0 aromatic heterocycles. The Labute approximate surface area is 246 Å². The second-order valence-corrected chi connectivity index (χ2v) is 12.6. The van der Waals surface area contributed by atoms with Gasteiger partial charge in [0.25, 0.3) is 10.0 Å². The van der Waals surface area contributed by atoms with Crippen LogP contribution in [-0.2, 0) is 32.3 Å². The first-order valence-corrected chi connectivity index (χ1v) is 15.0. The molecule has 1 atom stereocenters. The molecular formula is C29H31BrF3N3O4S. The first-order valence-electron chi connectivity index (χ1n) is 12.8. The van der Waals surface area contributed by atoms with Crippen LogP contribution >= 0.6 is 15.9 Å². The van der Waals surface area contributed by atoms with Crippen LogP contribution in [0.15, 0.2) is 88.2 Å². The van der Waals surface area contributed by atoms with Gasteiger partial charge in [-0.05, 0) is 60.9 Å². The van der Waals surface area contributed by atoms with E-state index >= 15 is 0 Å². The summed E-state index contributed by atoms with van der Waals surface area (Å²) >= 11 is 3.38. The van der Waals surface area contributed by atoms with Gasteiger partial charge >= 0.3 is 6.18 Å². The van der Waals surface area contributed by atoms with Gasteiger partial charge in [-0.1, -0.05) is 66.2 Å². The van der Waals surface area contributed by atoms with Crippen molar-refractivity contribution >= 4 is 43.5 Å². The Hall–Kier alpha value is -3.38. The molecule has 0 bridgehead atoms. The van der Waals surface area contributed by atoms with Crippen LogP contribution in [0, 0.1) is 5.92 Å². The van der Waals surface area contributed by atoms with Gasteiger partial charge in [-0.25, -0.2) is 8.42 Å². The molecule has 7 nitrogen and oxygen atoms in total. The lowest BCUT2D eigenvalue weighted by Gasteiger charge is -2.32. The highest BCUT2D eigenvalue weighted by atomic mass is 79.9. The molecule has 0 fully saturated rings. The van der Waals surface area contributed by atoms with Gasteiger partial charge in [0.15, 0.2) is 0 Å². The van der Waals surface area contributed by atoms with Crippen molar-refractivity contribution in [2.45, 2.75) is 44.4 Å². The minimum Gasteiger partial charge on any atom is -0.354 e. The average Bonchev–Trinajstić information content (AvgIpc) is 2.92. The highest BCUT2D eigenvalue weighted by molar-refractivity contribution is 9.10. The van der Waals surface area contributed by atoms with Crippen LogP contribution in [0.4, 0.5) is 18.9 Å². The molecule has 1 N–H and O–H groups in total. The van der Waals surface area contributed by atoms with Crippen molar-refractivity contribution in [3.05, 3.63) is 94.5 Å². The van der Waals surface area contributed by atoms with E-state index in [1.165, 1.54) is 42.2 Å². The number of anilines is 1. The van der Waals surface area contributed by atoms with E-state index in [0.29, 0.717) is 22.5 Å². The molecule has 0 saturated carbocycles. The number of nitrogens with zero attached hydrogens (tertiary/aromatic N) is 2. The van der Waals surface area contributed by atoms with E-state index < -0.39 is 46.2 Å². The van der Waals surface area contributed by atoms with E-state index in [9.17, 15) is 31.2 Å². The number of hydrogen-bond acceptors (Lipinski definition) is 4. The molecular weight excluding hydrogens is 623 g/mol. The summed E-state index contributed by atoms with van der Waals surface area (Å²) in [6.07, 6.45) is -4.74. The van der Waals surface area contributed by atoms with Gasteiger partial charge in [0.1, 0.15) is 12.6 Å². The molecule has 2 amide bonds. The van der Waals surface area contributed by atoms with Crippen LogP contribution in [0.2, 0.25) is 0 Å². The van der Waals surface area contributed by atoms with Crippen LogP contribution in [0.3, 0.4) is 0 Å². The Morgan fingerprint density at radius 1 is 0.927 bits per heavy atom. The molecule has 0 aliphatic carbocycles. The van der Waals surface area contributed by atoms with Gasteiger partial charge in [-0.2, -0.15) is 13.2 Å². The Morgan fingerprint density at radius 3 is 2.20 bits per heavy atom. The Bertz CT molecular complexity index is 1470. The fourth-order valence-electron chi connectivity index (χ4n) is 3.95. The van der Waals surface area contributed by atoms with Crippen molar-refractivity contribution in [1.29, 1.82) is 0 Å². The minimum atomic E-state index is -4.74. The SMILES string of the molecule is CC(C)CNC(=O)[C@H](C)N(Cc1cccc(Br)c1)C(=O)CN(c1cccc(C(F)(F)F)c1)S(=O)(=O)c1ccccc1. The maximum absolute atomic E-state index is 13.9. The fourth-order valence-corrected chi connectivity index (χ4v) is 5.83. The molecule has 0 unspecified atom stereocenters. The number of amides is 2. The molecule has 0 radical (unpaired) electrons. The second kappa shape index (κ2) is 13.5. The lowest BCUT2D eigenvalue weighted by atomic mass is 10.1. The molecule has 220 valence electrons. The fraction of sp³-hybridized carbons (Fsp3) is 0.310. The molecule has 3 rings (SSSR count). The monoisotopic (exact) mass is 653 g/mol. The molecule has 3 aromatic rings. The molecule has 0 aliphatic rings. The van der Waals surface area contributed by atoms with Crippen LogP contribution in [0.5, 0.6) is 0 Å². The number of nitrogens with one attached hydrogen (secondary N) is 1. The van der Waals surface area contributed by atoms with Crippen LogP contribution in [-0.4, -0.2) is 44.3 Å². The maximum Gasteiger partial charge on any atom is 0.416 e. The van der Waals surface area contributed by atoms with Gasteiger partial charge < -0.3 is 10.2 Å². The van der Waals surface area contributed by atoms with Gasteiger partial charge in [-0.3, -0.25) is 13.9 Å². The van der Waals surface area contributed by atoms with Gasteiger partial charge in [-0.15, -0.1) is 0 Å². The first-order chi connectivity index (χ1) is 19.2. The standard InChI is InChI=1S/C29H31BrF3N3O4S/c1-20(2)17-34-28(38)21(3)35(18-22-9-7-11-24(30)15-22)27(37)19-36(41(39,40)26-13-5-4-6-14-26)25-12-8-10-23(16-25)29(31,32)33/h4-16,20-21H,17-19H2,1-3H3,(H,34,38)/t21-/m0/s1.